The molecule has 0 amide bonds. The van der Waals surface area contributed by atoms with Gasteiger partial charge >= 0.3 is 5.69 Å². The number of hydrogen-bond donors (Lipinski definition) is 0. The van der Waals surface area contributed by atoms with Crippen molar-refractivity contribution < 1.29 is 0 Å². The lowest BCUT2D eigenvalue weighted by atomic mass is 10.0. The molecular weight excluding hydrogens is 404 g/mol. The molecule has 3 aromatic heterocycles. The molecule has 5 rings (SSSR count). The van der Waals surface area contributed by atoms with E-state index in [1.54, 1.807) is 18.7 Å². The van der Waals surface area contributed by atoms with Crippen molar-refractivity contribution in [3.05, 3.63) is 86.3 Å². The predicted octanol–water partition coefficient (Wildman–Crippen LogP) is 2.92. The summed E-state index contributed by atoms with van der Waals surface area (Å²) in [5, 5.41) is 6.84. The molecule has 0 unspecified atom stereocenters. The van der Waals surface area contributed by atoms with Gasteiger partial charge in [-0.15, -0.1) is 0 Å². The van der Waals surface area contributed by atoms with Crippen LogP contribution < -0.4 is 11.2 Å². The number of benzene rings is 2. The molecule has 2 aromatic carbocycles. The van der Waals surface area contributed by atoms with Crippen LogP contribution in [0.5, 0.6) is 0 Å². The molecule has 0 spiro atoms. The van der Waals surface area contributed by atoms with Gasteiger partial charge in [-0.25, -0.2) is 9.48 Å². The lowest BCUT2D eigenvalue weighted by Gasteiger charge is -2.13. The molecule has 0 N–H and O–H groups in total. The predicted molar refractivity (Wildman–Crippen MR) is 125 cm³/mol. The smallest absolute Gasteiger partial charge is 0.298 e. The zero-order chi connectivity index (χ0) is 22.6. The zero-order valence-corrected chi connectivity index (χ0v) is 18.5. The summed E-state index contributed by atoms with van der Waals surface area (Å²) in [6.45, 7) is 6.37. The van der Waals surface area contributed by atoms with Gasteiger partial charge in [-0.3, -0.25) is 18.5 Å². The SMILES string of the molecule is CCn1c(=O)c2c(nc(-n3nc(C)cc3C)n2Cc2cccc3ccccc23)n(C)c1=O. The Kier molecular flexibility index (Phi) is 4.58. The third kappa shape index (κ3) is 2.90. The Morgan fingerprint density at radius 1 is 0.969 bits per heavy atom. The van der Waals surface area contributed by atoms with Crippen molar-refractivity contribution in [2.75, 3.05) is 0 Å². The minimum atomic E-state index is -0.375. The number of imidazole rings is 1. The molecule has 0 fully saturated rings. The minimum absolute atomic E-state index is 0.288. The third-order valence-corrected chi connectivity index (χ3v) is 5.94. The average Bonchev–Trinajstić information content (AvgIpc) is 3.32. The summed E-state index contributed by atoms with van der Waals surface area (Å²) in [5.74, 6) is 0.513. The second kappa shape index (κ2) is 7.33. The van der Waals surface area contributed by atoms with Gasteiger partial charge < -0.3 is 0 Å². The Morgan fingerprint density at radius 2 is 1.72 bits per heavy atom. The van der Waals surface area contributed by atoms with Gasteiger partial charge in [0.15, 0.2) is 11.2 Å². The number of aromatic nitrogens is 6. The van der Waals surface area contributed by atoms with Crippen LogP contribution >= 0.6 is 0 Å². The second-order valence-corrected chi connectivity index (χ2v) is 8.04. The van der Waals surface area contributed by atoms with Crippen molar-refractivity contribution >= 4 is 21.9 Å². The molecule has 3 heterocycles. The van der Waals surface area contributed by atoms with Crippen molar-refractivity contribution in [3.8, 4) is 5.95 Å². The highest BCUT2D eigenvalue weighted by atomic mass is 16.2. The van der Waals surface area contributed by atoms with E-state index in [1.165, 1.54) is 9.13 Å². The van der Waals surface area contributed by atoms with Crippen LogP contribution in [0.2, 0.25) is 0 Å². The number of rotatable bonds is 4. The second-order valence-electron chi connectivity index (χ2n) is 8.04. The van der Waals surface area contributed by atoms with Crippen LogP contribution in [0.3, 0.4) is 0 Å². The van der Waals surface area contributed by atoms with Crippen LogP contribution in [0.25, 0.3) is 27.9 Å². The van der Waals surface area contributed by atoms with Gasteiger partial charge in [0, 0.05) is 19.3 Å². The summed E-state index contributed by atoms with van der Waals surface area (Å²) in [6.07, 6.45) is 0. The fourth-order valence-corrected chi connectivity index (χ4v) is 4.38. The third-order valence-electron chi connectivity index (χ3n) is 5.94. The van der Waals surface area contributed by atoms with E-state index in [0.29, 0.717) is 23.7 Å². The summed E-state index contributed by atoms with van der Waals surface area (Å²) in [7, 11) is 1.65. The molecule has 0 saturated heterocycles. The summed E-state index contributed by atoms with van der Waals surface area (Å²) < 4.78 is 6.30. The Hall–Kier alpha value is -3.94. The number of fused-ring (bicyclic) bond motifs is 2. The monoisotopic (exact) mass is 428 g/mol. The average molecular weight is 428 g/mol. The molecule has 0 aliphatic carbocycles. The standard InChI is InChI=1S/C24H24N6O2/c1-5-28-22(31)20-21(27(4)24(28)32)25-23(30-16(3)13-15(2)26-30)29(20)14-18-11-8-10-17-9-6-7-12-19(17)18/h6-13H,5,14H2,1-4H3. The topological polar surface area (TPSA) is 79.6 Å². The molecule has 8 nitrogen and oxygen atoms in total. The van der Waals surface area contributed by atoms with E-state index in [0.717, 1.165) is 27.7 Å². The highest BCUT2D eigenvalue weighted by Gasteiger charge is 2.22. The molecule has 0 radical (unpaired) electrons. The van der Waals surface area contributed by atoms with E-state index >= 15 is 0 Å². The molecule has 0 atom stereocenters. The Bertz CT molecular complexity index is 1610. The summed E-state index contributed by atoms with van der Waals surface area (Å²) in [5.41, 5.74) is 2.84. The normalized spacial score (nSPS) is 11.6. The lowest BCUT2D eigenvalue weighted by molar-refractivity contribution is 0.633. The number of hydrogen-bond acceptors (Lipinski definition) is 4. The zero-order valence-electron chi connectivity index (χ0n) is 18.5. The van der Waals surface area contributed by atoms with Crippen molar-refractivity contribution in [3.63, 3.8) is 0 Å². The van der Waals surface area contributed by atoms with E-state index in [1.807, 2.05) is 42.7 Å². The van der Waals surface area contributed by atoms with Crippen molar-refractivity contribution in [2.24, 2.45) is 7.05 Å². The first-order chi connectivity index (χ1) is 15.4. The van der Waals surface area contributed by atoms with E-state index in [-0.39, 0.29) is 17.8 Å². The van der Waals surface area contributed by atoms with Crippen LogP contribution in [0.15, 0.2) is 58.1 Å². The highest BCUT2D eigenvalue weighted by Crippen LogP contribution is 2.23. The number of nitrogens with zero attached hydrogens (tertiary/aromatic N) is 6. The van der Waals surface area contributed by atoms with Crippen LogP contribution in [0.1, 0.15) is 23.9 Å². The van der Waals surface area contributed by atoms with Gasteiger partial charge in [-0.2, -0.15) is 10.1 Å². The molecule has 162 valence electrons. The summed E-state index contributed by atoms with van der Waals surface area (Å²) >= 11 is 0. The largest absolute Gasteiger partial charge is 0.332 e. The Morgan fingerprint density at radius 3 is 2.44 bits per heavy atom. The molecule has 0 aliphatic rings. The van der Waals surface area contributed by atoms with Crippen molar-refractivity contribution in [1.29, 1.82) is 0 Å². The maximum absolute atomic E-state index is 13.4. The Labute approximate surface area is 184 Å². The van der Waals surface area contributed by atoms with E-state index in [2.05, 4.69) is 29.4 Å². The van der Waals surface area contributed by atoms with Crippen LogP contribution in [-0.4, -0.2) is 28.5 Å². The Balaban J connectivity index is 1.88. The number of aryl methyl sites for hydroxylation is 3. The summed E-state index contributed by atoms with van der Waals surface area (Å²) in [4.78, 5) is 30.9. The molecule has 0 bridgehead atoms. The molecule has 8 heteroatoms. The quantitative estimate of drug-likeness (QED) is 0.441. The fourth-order valence-electron chi connectivity index (χ4n) is 4.38. The van der Waals surface area contributed by atoms with Gasteiger partial charge in [0.25, 0.3) is 5.56 Å². The van der Waals surface area contributed by atoms with Crippen LogP contribution in [-0.2, 0) is 20.1 Å². The molecule has 32 heavy (non-hydrogen) atoms. The van der Waals surface area contributed by atoms with Crippen LogP contribution in [0.4, 0.5) is 0 Å². The first kappa shape index (κ1) is 20.0. The van der Waals surface area contributed by atoms with Gasteiger partial charge in [-0.05, 0) is 43.2 Å². The highest BCUT2D eigenvalue weighted by molar-refractivity contribution is 5.86. The molecule has 5 aromatic rings. The fraction of sp³-hybridized carbons (Fsp3) is 0.250. The van der Waals surface area contributed by atoms with Gasteiger partial charge in [0.2, 0.25) is 5.95 Å². The van der Waals surface area contributed by atoms with Gasteiger partial charge in [0.1, 0.15) is 0 Å². The van der Waals surface area contributed by atoms with E-state index in [9.17, 15) is 9.59 Å². The first-order valence-electron chi connectivity index (χ1n) is 10.6. The maximum Gasteiger partial charge on any atom is 0.332 e. The van der Waals surface area contributed by atoms with E-state index < -0.39 is 0 Å². The van der Waals surface area contributed by atoms with E-state index in [4.69, 9.17) is 4.98 Å². The molecule has 0 aliphatic heterocycles. The van der Waals surface area contributed by atoms with Crippen molar-refractivity contribution in [2.45, 2.75) is 33.9 Å². The first-order valence-corrected chi connectivity index (χ1v) is 10.6. The maximum atomic E-state index is 13.4. The molecule has 0 saturated carbocycles. The lowest BCUT2D eigenvalue weighted by Crippen LogP contribution is -2.39. The summed E-state index contributed by atoms with van der Waals surface area (Å²) in [6, 6.07) is 16.3. The van der Waals surface area contributed by atoms with Crippen molar-refractivity contribution in [1.82, 2.24) is 28.5 Å². The van der Waals surface area contributed by atoms with Gasteiger partial charge in [0.05, 0.1) is 12.2 Å². The minimum Gasteiger partial charge on any atom is -0.298 e. The van der Waals surface area contributed by atoms with Crippen LogP contribution in [0, 0.1) is 13.8 Å². The van der Waals surface area contributed by atoms with Gasteiger partial charge in [-0.1, -0.05) is 42.5 Å². The molecular formula is C24H24N6O2.